The van der Waals surface area contributed by atoms with Crippen molar-refractivity contribution in [2.75, 3.05) is 44.7 Å². The fraction of sp³-hybridized carbons (Fsp3) is 0.550. The number of hydrogen-bond donors (Lipinski definition) is 1. The minimum absolute atomic E-state index is 0.182. The average molecular weight is 386 g/mol. The number of carbonyl (C=O) groups excluding carboxylic acids is 3. The van der Waals surface area contributed by atoms with Gasteiger partial charge in [-0.25, -0.2) is 4.79 Å². The van der Waals surface area contributed by atoms with Crippen molar-refractivity contribution in [2.24, 2.45) is 5.92 Å². The Bertz CT molecular complexity index is 784. The Hall–Kier alpha value is -2.77. The average Bonchev–Trinajstić information content (AvgIpc) is 3.54. The van der Waals surface area contributed by atoms with Crippen LogP contribution in [0, 0.1) is 5.92 Å². The SMILES string of the molecule is COc1ccc(N2CCN(C(=O)CN3C(=O)N[C@](C)(C4CC4)C3=O)CC2)cc1. The number of urea groups is 1. The summed E-state index contributed by atoms with van der Waals surface area (Å²) in [5.41, 5.74) is 0.243. The third-order valence-corrected chi connectivity index (χ3v) is 6.06. The second kappa shape index (κ2) is 7.00. The summed E-state index contributed by atoms with van der Waals surface area (Å²) in [6.07, 6.45) is 1.88. The predicted molar refractivity (Wildman–Crippen MR) is 103 cm³/mol. The molecule has 0 bridgehead atoms. The molecule has 0 radical (unpaired) electrons. The van der Waals surface area contributed by atoms with Gasteiger partial charge in [0.25, 0.3) is 5.91 Å². The second-order valence-electron chi connectivity index (χ2n) is 7.86. The molecule has 8 nitrogen and oxygen atoms in total. The van der Waals surface area contributed by atoms with E-state index in [-0.39, 0.29) is 24.3 Å². The molecule has 0 unspecified atom stereocenters. The van der Waals surface area contributed by atoms with Gasteiger partial charge < -0.3 is 19.9 Å². The summed E-state index contributed by atoms with van der Waals surface area (Å²) < 4.78 is 5.18. The van der Waals surface area contributed by atoms with Gasteiger partial charge >= 0.3 is 6.03 Å². The molecule has 1 saturated carbocycles. The summed E-state index contributed by atoms with van der Waals surface area (Å²) in [7, 11) is 1.64. The lowest BCUT2D eigenvalue weighted by Crippen LogP contribution is -2.52. The van der Waals surface area contributed by atoms with Gasteiger partial charge in [0.05, 0.1) is 7.11 Å². The molecule has 8 heteroatoms. The first-order valence-corrected chi connectivity index (χ1v) is 9.73. The van der Waals surface area contributed by atoms with Gasteiger partial charge in [0, 0.05) is 31.9 Å². The topological polar surface area (TPSA) is 82.2 Å². The van der Waals surface area contributed by atoms with E-state index in [0.717, 1.165) is 29.2 Å². The fourth-order valence-corrected chi connectivity index (χ4v) is 4.04. The van der Waals surface area contributed by atoms with Crippen molar-refractivity contribution in [1.29, 1.82) is 0 Å². The van der Waals surface area contributed by atoms with Gasteiger partial charge in [-0.05, 0) is 49.9 Å². The maximum absolute atomic E-state index is 12.7. The number of benzene rings is 1. The first-order valence-electron chi connectivity index (χ1n) is 9.73. The molecule has 1 aromatic rings. The molecule has 4 amide bonds. The Balaban J connectivity index is 1.33. The summed E-state index contributed by atoms with van der Waals surface area (Å²) in [5.74, 6) is 0.546. The number of nitrogens with one attached hydrogen (secondary N) is 1. The smallest absolute Gasteiger partial charge is 0.325 e. The number of amides is 4. The zero-order valence-electron chi connectivity index (χ0n) is 16.3. The van der Waals surface area contributed by atoms with Gasteiger partial charge in [-0.3, -0.25) is 14.5 Å². The number of nitrogens with zero attached hydrogens (tertiary/aromatic N) is 3. The minimum atomic E-state index is -0.843. The zero-order valence-corrected chi connectivity index (χ0v) is 16.3. The Kier molecular flexibility index (Phi) is 4.64. The Morgan fingerprint density at radius 3 is 2.36 bits per heavy atom. The molecule has 150 valence electrons. The molecule has 0 aromatic heterocycles. The Labute approximate surface area is 164 Å². The maximum Gasteiger partial charge on any atom is 0.325 e. The van der Waals surface area contributed by atoms with E-state index in [4.69, 9.17) is 4.74 Å². The van der Waals surface area contributed by atoms with Crippen LogP contribution in [0.4, 0.5) is 10.5 Å². The second-order valence-corrected chi connectivity index (χ2v) is 7.86. The van der Waals surface area contributed by atoms with E-state index in [9.17, 15) is 14.4 Å². The monoisotopic (exact) mass is 386 g/mol. The predicted octanol–water partition coefficient (Wildman–Crippen LogP) is 1.06. The maximum atomic E-state index is 12.7. The van der Waals surface area contributed by atoms with Crippen LogP contribution in [0.2, 0.25) is 0 Å². The lowest BCUT2D eigenvalue weighted by Gasteiger charge is -2.36. The van der Waals surface area contributed by atoms with Crippen LogP contribution in [-0.4, -0.2) is 73.0 Å². The van der Waals surface area contributed by atoms with Crippen molar-refractivity contribution in [2.45, 2.75) is 25.3 Å². The van der Waals surface area contributed by atoms with Gasteiger partial charge in [0.2, 0.25) is 5.91 Å². The molecule has 3 fully saturated rings. The van der Waals surface area contributed by atoms with Gasteiger partial charge in [-0.2, -0.15) is 0 Å². The number of methoxy groups -OCH3 is 1. The van der Waals surface area contributed by atoms with Gasteiger partial charge in [-0.1, -0.05) is 0 Å². The summed E-state index contributed by atoms with van der Waals surface area (Å²) in [6.45, 7) is 4.12. The normalized spacial score (nSPS) is 25.1. The highest BCUT2D eigenvalue weighted by Gasteiger charge is 2.56. The highest BCUT2D eigenvalue weighted by molar-refractivity contribution is 6.09. The Morgan fingerprint density at radius 2 is 1.79 bits per heavy atom. The van der Waals surface area contributed by atoms with Crippen molar-refractivity contribution in [3.63, 3.8) is 0 Å². The van der Waals surface area contributed by atoms with Crippen molar-refractivity contribution in [1.82, 2.24) is 15.1 Å². The molecule has 1 aliphatic carbocycles. The molecule has 28 heavy (non-hydrogen) atoms. The van der Waals surface area contributed by atoms with Crippen LogP contribution >= 0.6 is 0 Å². The van der Waals surface area contributed by atoms with Crippen LogP contribution in [0.5, 0.6) is 5.75 Å². The highest BCUT2D eigenvalue weighted by Crippen LogP contribution is 2.42. The molecular formula is C20H26N4O4. The van der Waals surface area contributed by atoms with Gasteiger partial charge in [0.15, 0.2) is 0 Å². The molecule has 2 saturated heterocycles. The molecule has 2 heterocycles. The third-order valence-electron chi connectivity index (χ3n) is 6.06. The number of ether oxygens (including phenoxy) is 1. The molecule has 1 aromatic carbocycles. The van der Waals surface area contributed by atoms with Crippen LogP contribution in [-0.2, 0) is 9.59 Å². The van der Waals surface area contributed by atoms with Crippen molar-refractivity contribution < 1.29 is 19.1 Å². The van der Waals surface area contributed by atoms with Crippen LogP contribution in [0.25, 0.3) is 0 Å². The van der Waals surface area contributed by atoms with E-state index in [0.29, 0.717) is 26.2 Å². The Morgan fingerprint density at radius 1 is 1.14 bits per heavy atom. The summed E-state index contributed by atoms with van der Waals surface area (Å²) in [4.78, 5) is 42.6. The molecule has 1 atom stereocenters. The minimum Gasteiger partial charge on any atom is -0.497 e. The fourth-order valence-electron chi connectivity index (χ4n) is 4.04. The third kappa shape index (κ3) is 3.27. The molecule has 3 aliphatic rings. The van der Waals surface area contributed by atoms with E-state index in [1.807, 2.05) is 24.3 Å². The van der Waals surface area contributed by atoms with Crippen molar-refractivity contribution in [3.05, 3.63) is 24.3 Å². The van der Waals surface area contributed by atoms with Crippen molar-refractivity contribution in [3.8, 4) is 5.75 Å². The highest BCUT2D eigenvalue weighted by atomic mass is 16.5. The summed E-state index contributed by atoms with van der Waals surface area (Å²) in [6, 6.07) is 7.39. The van der Waals surface area contributed by atoms with E-state index >= 15 is 0 Å². The van der Waals surface area contributed by atoms with E-state index in [1.54, 1.807) is 18.9 Å². The van der Waals surface area contributed by atoms with Crippen LogP contribution in [0.1, 0.15) is 19.8 Å². The number of anilines is 1. The van der Waals surface area contributed by atoms with Gasteiger partial charge in [-0.15, -0.1) is 0 Å². The number of imide groups is 1. The van der Waals surface area contributed by atoms with Crippen LogP contribution in [0.3, 0.4) is 0 Å². The van der Waals surface area contributed by atoms with Crippen molar-refractivity contribution >= 4 is 23.5 Å². The standard InChI is InChI=1S/C20H26N4O4/c1-20(14-3-4-14)18(26)24(19(27)21-20)13-17(25)23-11-9-22(10-12-23)15-5-7-16(28-2)8-6-15/h5-8,14H,3-4,9-13H2,1-2H3,(H,21,27)/t20-/m1/s1. The molecule has 2 aliphatic heterocycles. The zero-order chi connectivity index (χ0) is 19.9. The van der Waals surface area contributed by atoms with E-state index in [2.05, 4.69) is 10.2 Å². The largest absolute Gasteiger partial charge is 0.497 e. The lowest BCUT2D eigenvalue weighted by molar-refractivity contribution is -0.139. The number of carbonyl (C=O) groups is 3. The first kappa shape index (κ1) is 18.6. The van der Waals surface area contributed by atoms with E-state index in [1.165, 1.54) is 0 Å². The van der Waals surface area contributed by atoms with Crippen LogP contribution < -0.4 is 15.0 Å². The number of rotatable bonds is 5. The van der Waals surface area contributed by atoms with E-state index < -0.39 is 11.6 Å². The first-order chi connectivity index (χ1) is 13.4. The lowest BCUT2D eigenvalue weighted by atomic mass is 9.96. The summed E-state index contributed by atoms with van der Waals surface area (Å²) >= 11 is 0. The van der Waals surface area contributed by atoms with Gasteiger partial charge in [0.1, 0.15) is 17.8 Å². The number of hydrogen-bond acceptors (Lipinski definition) is 5. The molecule has 1 N–H and O–H groups in total. The number of piperazine rings is 1. The molecule has 0 spiro atoms. The van der Waals surface area contributed by atoms with Crippen LogP contribution in [0.15, 0.2) is 24.3 Å². The molecule has 4 rings (SSSR count). The quantitative estimate of drug-likeness (QED) is 0.766. The summed E-state index contributed by atoms with van der Waals surface area (Å²) in [5, 5.41) is 2.79. The molecular weight excluding hydrogens is 360 g/mol.